The maximum atomic E-state index is 11.6. The second-order valence-corrected chi connectivity index (χ2v) is 3.78. The molecule has 0 aromatic carbocycles. The predicted molar refractivity (Wildman–Crippen MR) is 56.0 cm³/mol. The van der Waals surface area contributed by atoms with E-state index in [2.05, 4.69) is 0 Å². The zero-order chi connectivity index (χ0) is 12.5. The van der Waals surface area contributed by atoms with Crippen molar-refractivity contribution in [2.24, 2.45) is 11.8 Å². The van der Waals surface area contributed by atoms with Crippen LogP contribution in [-0.4, -0.2) is 22.4 Å². The summed E-state index contributed by atoms with van der Waals surface area (Å²) in [5.74, 6) is -2.74. The summed E-state index contributed by atoms with van der Waals surface area (Å²) in [6, 6.07) is 1.67. The molecule has 1 aliphatic rings. The summed E-state index contributed by atoms with van der Waals surface area (Å²) in [5.41, 5.74) is -0.359. The van der Waals surface area contributed by atoms with E-state index in [9.17, 15) is 14.7 Å². The molecule has 0 fully saturated rings. The Labute approximate surface area is 92.9 Å². The van der Waals surface area contributed by atoms with Crippen LogP contribution in [0.25, 0.3) is 0 Å². The number of hydrogen-bond donors (Lipinski definition) is 2. The van der Waals surface area contributed by atoms with Gasteiger partial charge in [0.1, 0.15) is 5.76 Å². The van der Waals surface area contributed by atoms with Gasteiger partial charge in [-0.3, -0.25) is 9.59 Å². The van der Waals surface area contributed by atoms with Crippen molar-refractivity contribution in [1.82, 2.24) is 0 Å². The Hall–Kier alpha value is -1.96. The number of Topliss-reactive ketones (excluding diaryl/α,β-unsaturated/α-hetero) is 2. The highest BCUT2D eigenvalue weighted by Crippen LogP contribution is 2.28. The standard InChI is InChI=1S/C11H12N2O3/c1-5-9(13)8(7(14)3-4-12)11(16)6(2)10(5)15/h5-6,13,16H,3H2,1-2H3. The van der Waals surface area contributed by atoms with Crippen LogP contribution in [0.15, 0.2) is 11.3 Å². The number of rotatable bonds is 2. The second-order valence-electron chi connectivity index (χ2n) is 3.78. The molecule has 0 amide bonds. The van der Waals surface area contributed by atoms with Crippen molar-refractivity contribution in [1.29, 1.82) is 10.7 Å². The van der Waals surface area contributed by atoms with Gasteiger partial charge in [0.05, 0.1) is 35.6 Å². The van der Waals surface area contributed by atoms with Crippen LogP contribution in [0.3, 0.4) is 0 Å². The molecule has 0 saturated carbocycles. The fraction of sp³-hybridized carbons (Fsp3) is 0.455. The lowest BCUT2D eigenvalue weighted by Gasteiger charge is -2.25. The SMILES string of the molecule is CC1C(=N)C(C(=O)CC#N)=C(O)C(C)C1=O. The molecule has 1 rings (SSSR count). The maximum absolute atomic E-state index is 11.6. The molecule has 5 heteroatoms. The van der Waals surface area contributed by atoms with E-state index >= 15 is 0 Å². The van der Waals surface area contributed by atoms with Crippen molar-refractivity contribution >= 4 is 17.3 Å². The number of nitriles is 1. The van der Waals surface area contributed by atoms with E-state index in [1.807, 2.05) is 0 Å². The first-order valence-electron chi connectivity index (χ1n) is 4.87. The van der Waals surface area contributed by atoms with E-state index in [-0.39, 0.29) is 22.8 Å². The van der Waals surface area contributed by atoms with Crippen LogP contribution in [0.4, 0.5) is 0 Å². The van der Waals surface area contributed by atoms with Crippen LogP contribution in [0.5, 0.6) is 0 Å². The number of nitrogens with zero attached hydrogens (tertiary/aromatic N) is 1. The second kappa shape index (κ2) is 4.27. The fourth-order valence-electron chi connectivity index (χ4n) is 1.68. The molecule has 2 atom stereocenters. The third-order valence-corrected chi connectivity index (χ3v) is 2.74. The molecule has 0 saturated heterocycles. The highest BCUT2D eigenvalue weighted by Gasteiger charge is 2.38. The Balaban J connectivity index is 3.24. The number of ketones is 2. The summed E-state index contributed by atoms with van der Waals surface area (Å²) in [6.45, 7) is 3.01. The zero-order valence-electron chi connectivity index (χ0n) is 9.07. The van der Waals surface area contributed by atoms with Gasteiger partial charge in [0, 0.05) is 0 Å². The van der Waals surface area contributed by atoms with Gasteiger partial charge in [-0.05, 0) is 13.8 Å². The average Bonchev–Trinajstić information content (AvgIpc) is 2.24. The van der Waals surface area contributed by atoms with Crippen LogP contribution in [0.1, 0.15) is 20.3 Å². The molecule has 0 aliphatic heterocycles. The minimum atomic E-state index is -0.776. The smallest absolute Gasteiger partial charge is 0.182 e. The summed E-state index contributed by atoms with van der Waals surface area (Å²) in [7, 11) is 0. The maximum Gasteiger partial charge on any atom is 0.182 e. The predicted octanol–water partition coefficient (Wildman–Crippen LogP) is 1.16. The molecule has 2 unspecified atom stereocenters. The van der Waals surface area contributed by atoms with Crippen LogP contribution in [-0.2, 0) is 9.59 Å². The Kier molecular flexibility index (Phi) is 3.23. The van der Waals surface area contributed by atoms with Gasteiger partial charge in [-0.15, -0.1) is 0 Å². The van der Waals surface area contributed by atoms with Crippen LogP contribution in [0.2, 0.25) is 0 Å². The number of allylic oxidation sites excluding steroid dienone is 2. The van der Waals surface area contributed by atoms with Crippen molar-refractivity contribution in [3.05, 3.63) is 11.3 Å². The van der Waals surface area contributed by atoms with Crippen molar-refractivity contribution in [2.45, 2.75) is 20.3 Å². The fourth-order valence-corrected chi connectivity index (χ4v) is 1.68. The molecular formula is C11H12N2O3. The molecule has 16 heavy (non-hydrogen) atoms. The van der Waals surface area contributed by atoms with Crippen molar-refractivity contribution < 1.29 is 14.7 Å². The molecule has 1 aliphatic carbocycles. The first-order chi connectivity index (χ1) is 7.41. The van der Waals surface area contributed by atoms with E-state index < -0.39 is 24.0 Å². The molecule has 0 heterocycles. The Morgan fingerprint density at radius 3 is 2.56 bits per heavy atom. The molecule has 2 N–H and O–H groups in total. The number of carbonyl (C=O) groups is 2. The molecule has 0 bridgehead atoms. The van der Waals surface area contributed by atoms with Gasteiger partial charge < -0.3 is 10.5 Å². The highest BCUT2D eigenvalue weighted by molar-refractivity contribution is 6.29. The van der Waals surface area contributed by atoms with E-state index in [1.54, 1.807) is 6.07 Å². The normalized spacial score (nSPS) is 25.6. The van der Waals surface area contributed by atoms with Gasteiger partial charge >= 0.3 is 0 Å². The van der Waals surface area contributed by atoms with Gasteiger partial charge in [-0.25, -0.2) is 0 Å². The molecular weight excluding hydrogens is 208 g/mol. The largest absolute Gasteiger partial charge is 0.511 e. The Morgan fingerprint density at radius 2 is 2.06 bits per heavy atom. The monoisotopic (exact) mass is 220 g/mol. The number of nitrogens with one attached hydrogen (secondary N) is 1. The van der Waals surface area contributed by atoms with E-state index in [1.165, 1.54) is 13.8 Å². The number of aliphatic hydroxyl groups is 1. The van der Waals surface area contributed by atoms with Crippen molar-refractivity contribution in [3.8, 4) is 6.07 Å². The van der Waals surface area contributed by atoms with Crippen LogP contribution < -0.4 is 0 Å². The van der Waals surface area contributed by atoms with Gasteiger partial charge in [0.15, 0.2) is 11.6 Å². The van der Waals surface area contributed by atoms with Gasteiger partial charge in [-0.1, -0.05) is 0 Å². The molecule has 5 nitrogen and oxygen atoms in total. The molecule has 0 radical (unpaired) electrons. The van der Waals surface area contributed by atoms with Gasteiger partial charge in [-0.2, -0.15) is 5.26 Å². The Morgan fingerprint density at radius 1 is 1.50 bits per heavy atom. The van der Waals surface area contributed by atoms with Crippen LogP contribution >= 0.6 is 0 Å². The Bertz CT molecular complexity index is 443. The summed E-state index contributed by atoms with van der Waals surface area (Å²) in [5, 5.41) is 25.7. The number of aliphatic hydroxyl groups excluding tert-OH is 1. The third kappa shape index (κ3) is 1.74. The van der Waals surface area contributed by atoms with Gasteiger partial charge in [0.2, 0.25) is 0 Å². The topological polar surface area (TPSA) is 102 Å². The minimum Gasteiger partial charge on any atom is -0.511 e. The number of carbonyl (C=O) groups excluding carboxylic acids is 2. The zero-order valence-corrected chi connectivity index (χ0v) is 9.07. The minimum absolute atomic E-state index is 0.166. The van der Waals surface area contributed by atoms with Crippen LogP contribution in [0, 0.1) is 28.6 Å². The first kappa shape index (κ1) is 12.1. The van der Waals surface area contributed by atoms with E-state index in [0.29, 0.717) is 0 Å². The summed E-state index contributed by atoms with van der Waals surface area (Å²) >= 11 is 0. The summed E-state index contributed by atoms with van der Waals surface area (Å²) < 4.78 is 0. The quantitative estimate of drug-likeness (QED) is 0.728. The lowest BCUT2D eigenvalue weighted by atomic mass is 9.78. The molecule has 0 spiro atoms. The van der Waals surface area contributed by atoms with Crippen molar-refractivity contribution in [3.63, 3.8) is 0 Å². The lowest BCUT2D eigenvalue weighted by molar-refractivity contribution is -0.124. The first-order valence-corrected chi connectivity index (χ1v) is 4.87. The van der Waals surface area contributed by atoms with Crippen molar-refractivity contribution in [2.75, 3.05) is 0 Å². The summed E-state index contributed by atoms with van der Waals surface area (Å²) in [6.07, 6.45) is -0.393. The number of hydrogen-bond acceptors (Lipinski definition) is 5. The van der Waals surface area contributed by atoms with Gasteiger partial charge in [0.25, 0.3) is 0 Å². The van der Waals surface area contributed by atoms with E-state index in [0.717, 1.165) is 0 Å². The average molecular weight is 220 g/mol. The lowest BCUT2D eigenvalue weighted by Crippen LogP contribution is -2.37. The highest BCUT2D eigenvalue weighted by atomic mass is 16.3. The molecule has 0 aromatic heterocycles. The third-order valence-electron chi connectivity index (χ3n) is 2.74. The molecule has 84 valence electrons. The van der Waals surface area contributed by atoms with E-state index in [4.69, 9.17) is 10.7 Å². The summed E-state index contributed by atoms with van der Waals surface area (Å²) in [4.78, 5) is 23.1. The molecule has 0 aromatic rings.